The number of hydrogen-bond donors (Lipinski definition) is 0. The molecule has 2 aromatic carbocycles. The van der Waals surface area contributed by atoms with Crippen molar-refractivity contribution in [2.75, 3.05) is 33.6 Å². The Kier molecular flexibility index (Phi) is 9.39. The molecule has 0 spiro atoms. The van der Waals surface area contributed by atoms with Gasteiger partial charge in [-0.1, -0.05) is 31.4 Å². The number of methoxy groups -OCH3 is 2. The number of Topliss-reactive ketones (excluding diaryl/α,β-unsaturated/α-hetero) is 1. The Balaban J connectivity index is 1.60. The topological polar surface area (TPSA) is 82.1 Å². The third-order valence-electron chi connectivity index (χ3n) is 6.02. The minimum absolute atomic E-state index is 0.0434. The van der Waals surface area contributed by atoms with Gasteiger partial charge in [-0.2, -0.15) is 0 Å². The molecule has 0 aromatic heterocycles. The molecule has 7 nitrogen and oxygen atoms in total. The Morgan fingerprint density at radius 1 is 0.971 bits per heavy atom. The van der Waals surface area contributed by atoms with Crippen LogP contribution in [0.5, 0.6) is 11.5 Å². The molecule has 0 bridgehead atoms. The van der Waals surface area contributed by atoms with Crippen molar-refractivity contribution < 1.29 is 28.6 Å². The van der Waals surface area contributed by atoms with Gasteiger partial charge >= 0.3 is 5.97 Å². The summed E-state index contributed by atoms with van der Waals surface area (Å²) in [6.45, 7) is -0.427. The molecule has 0 radical (unpaired) electrons. The molecule has 182 valence electrons. The lowest BCUT2D eigenvalue weighted by molar-refractivity contribution is -0.129. The molecule has 0 saturated heterocycles. The van der Waals surface area contributed by atoms with Gasteiger partial charge in [0.2, 0.25) is 11.7 Å². The van der Waals surface area contributed by atoms with E-state index in [1.807, 2.05) is 18.0 Å². The van der Waals surface area contributed by atoms with E-state index in [4.69, 9.17) is 14.2 Å². The number of benzene rings is 2. The fourth-order valence-electron chi connectivity index (χ4n) is 3.99. The molecule has 1 fully saturated rings. The molecule has 1 amide bonds. The van der Waals surface area contributed by atoms with E-state index in [1.165, 1.54) is 32.4 Å². The fourth-order valence-corrected chi connectivity index (χ4v) is 4.95. The normalized spacial score (nSPS) is 13.7. The first-order chi connectivity index (χ1) is 16.4. The van der Waals surface area contributed by atoms with Crippen LogP contribution in [0.15, 0.2) is 47.4 Å². The maximum absolute atomic E-state index is 12.7. The van der Waals surface area contributed by atoms with Gasteiger partial charge in [0.25, 0.3) is 0 Å². The van der Waals surface area contributed by atoms with Crippen molar-refractivity contribution in [3.8, 4) is 11.5 Å². The molecular weight excluding hydrogens is 454 g/mol. The molecule has 0 aliphatic heterocycles. The van der Waals surface area contributed by atoms with E-state index in [2.05, 4.69) is 0 Å². The molecular formula is C26H31NO6S. The minimum atomic E-state index is -0.614. The van der Waals surface area contributed by atoms with Crippen molar-refractivity contribution >= 4 is 29.4 Å². The standard InChI is InChI=1S/C26H31NO6S/c1-27(18-9-5-4-6-10-18)25(29)17-34-24-12-8-7-11-21(24)26(30)33-16-22(28)20-14-13-19(31-2)15-23(20)32-3/h7-8,11-15,18H,4-6,9-10,16-17H2,1-3H3. The number of carbonyl (C=O) groups is 3. The zero-order valence-electron chi connectivity index (χ0n) is 19.9. The fraction of sp³-hybridized carbons (Fsp3) is 0.423. The molecule has 2 aromatic rings. The SMILES string of the molecule is COc1ccc(C(=O)COC(=O)c2ccccc2SCC(=O)N(C)C2CCCCC2)c(OC)c1. The van der Waals surface area contributed by atoms with E-state index < -0.39 is 12.6 Å². The van der Waals surface area contributed by atoms with Crippen LogP contribution in [-0.4, -0.2) is 62.2 Å². The number of ether oxygens (including phenoxy) is 3. The van der Waals surface area contributed by atoms with E-state index >= 15 is 0 Å². The highest BCUT2D eigenvalue weighted by Crippen LogP contribution is 2.27. The predicted molar refractivity (Wildman–Crippen MR) is 131 cm³/mol. The van der Waals surface area contributed by atoms with Gasteiger partial charge in [0.1, 0.15) is 11.5 Å². The number of ketones is 1. The zero-order valence-corrected chi connectivity index (χ0v) is 20.7. The van der Waals surface area contributed by atoms with Crippen LogP contribution in [0.1, 0.15) is 52.8 Å². The van der Waals surface area contributed by atoms with Crippen LogP contribution in [-0.2, 0) is 9.53 Å². The van der Waals surface area contributed by atoms with Gasteiger partial charge in [-0.05, 0) is 37.1 Å². The first-order valence-corrected chi connectivity index (χ1v) is 12.3. The zero-order chi connectivity index (χ0) is 24.5. The van der Waals surface area contributed by atoms with Crippen molar-refractivity contribution in [2.45, 2.75) is 43.0 Å². The Labute approximate surface area is 204 Å². The molecule has 34 heavy (non-hydrogen) atoms. The summed E-state index contributed by atoms with van der Waals surface area (Å²) in [7, 11) is 4.84. The largest absolute Gasteiger partial charge is 0.497 e. The van der Waals surface area contributed by atoms with Crippen LogP contribution in [0, 0.1) is 0 Å². The lowest BCUT2D eigenvalue weighted by Crippen LogP contribution is -2.39. The Morgan fingerprint density at radius 2 is 1.71 bits per heavy atom. The van der Waals surface area contributed by atoms with E-state index in [-0.39, 0.29) is 17.4 Å². The number of esters is 1. The van der Waals surface area contributed by atoms with E-state index in [0.717, 1.165) is 25.7 Å². The van der Waals surface area contributed by atoms with Gasteiger partial charge in [-0.25, -0.2) is 4.79 Å². The van der Waals surface area contributed by atoms with Crippen molar-refractivity contribution in [3.63, 3.8) is 0 Å². The quantitative estimate of drug-likeness (QED) is 0.276. The summed E-state index contributed by atoms with van der Waals surface area (Å²) in [5.74, 6) is 0.178. The summed E-state index contributed by atoms with van der Waals surface area (Å²) in [6, 6.07) is 12.1. The molecule has 1 aliphatic carbocycles. The number of rotatable bonds is 10. The van der Waals surface area contributed by atoms with Gasteiger partial charge < -0.3 is 19.1 Å². The van der Waals surface area contributed by atoms with Crippen LogP contribution >= 0.6 is 11.8 Å². The van der Waals surface area contributed by atoms with Crippen LogP contribution in [0.2, 0.25) is 0 Å². The average molecular weight is 486 g/mol. The highest BCUT2D eigenvalue weighted by Gasteiger charge is 2.23. The van der Waals surface area contributed by atoms with Gasteiger partial charge in [-0.15, -0.1) is 11.8 Å². The third kappa shape index (κ3) is 6.53. The lowest BCUT2D eigenvalue weighted by atomic mass is 9.94. The summed E-state index contributed by atoms with van der Waals surface area (Å²) in [5, 5.41) is 0. The highest BCUT2D eigenvalue weighted by molar-refractivity contribution is 8.00. The summed E-state index contributed by atoms with van der Waals surface area (Å²) in [4.78, 5) is 40.6. The molecule has 1 saturated carbocycles. The average Bonchev–Trinajstić information content (AvgIpc) is 2.89. The second-order valence-corrected chi connectivity index (χ2v) is 9.16. The van der Waals surface area contributed by atoms with Crippen molar-refractivity contribution in [1.82, 2.24) is 4.90 Å². The number of amides is 1. The van der Waals surface area contributed by atoms with Crippen molar-refractivity contribution in [1.29, 1.82) is 0 Å². The third-order valence-corrected chi connectivity index (χ3v) is 7.08. The van der Waals surface area contributed by atoms with Crippen LogP contribution in [0.4, 0.5) is 0 Å². The predicted octanol–water partition coefficient (Wildman–Crippen LogP) is 4.63. The summed E-state index contributed by atoms with van der Waals surface area (Å²) in [5.41, 5.74) is 0.630. The van der Waals surface area contributed by atoms with Crippen LogP contribution in [0.25, 0.3) is 0 Å². The summed E-state index contributed by atoms with van der Waals surface area (Å²) in [6.07, 6.45) is 5.64. The number of thioether (sulfide) groups is 1. The van der Waals surface area contributed by atoms with Crippen LogP contribution < -0.4 is 9.47 Å². The molecule has 0 atom stereocenters. The maximum atomic E-state index is 12.7. The highest BCUT2D eigenvalue weighted by atomic mass is 32.2. The lowest BCUT2D eigenvalue weighted by Gasteiger charge is -2.31. The van der Waals surface area contributed by atoms with Crippen molar-refractivity contribution in [3.05, 3.63) is 53.6 Å². The molecule has 8 heteroatoms. The maximum Gasteiger partial charge on any atom is 0.339 e. The number of nitrogens with zero attached hydrogens (tertiary/aromatic N) is 1. The molecule has 1 aliphatic rings. The molecule has 3 rings (SSSR count). The van der Waals surface area contributed by atoms with E-state index in [0.29, 0.717) is 33.6 Å². The van der Waals surface area contributed by atoms with E-state index in [1.54, 1.807) is 36.4 Å². The second kappa shape index (κ2) is 12.5. The van der Waals surface area contributed by atoms with Gasteiger partial charge in [0, 0.05) is 24.1 Å². The smallest absolute Gasteiger partial charge is 0.339 e. The monoisotopic (exact) mass is 485 g/mol. The number of hydrogen-bond acceptors (Lipinski definition) is 7. The minimum Gasteiger partial charge on any atom is -0.497 e. The van der Waals surface area contributed by atoms with Gasteiger partial charge in [0.15, 0.2) is 6.61 Å². The Bertz CT molecular complexity index is 1020. The first-order valence-electron chi connectivity index (χ1n) is 11.3. The molecule has 0 N–H and O–H groups in total. The van der Waals surface area contributed by atoms with Crippen LogP contribution in [0.3, 0.4) is 0 Å². The molecule has 0 heterocycles. The number of carbonyl (C=O) groups excluding carboxylic acids is 3. The summed E-state index contributed by atoms with van der Waals surface area (Å²) < 4.78 is 15.7. The van der Waals surface area contributed by atoms with Gasteiger partial charge in [-0.3, -0.25) is 9.59 Å². The first kappa shape index (κ1) is 25.6. The second-order valence-electron chi connectivity index (χ2n) is 8.15. The van der Waals surface area contributed by atoms with Crippen molar-refractivity contribution in [2.24, 2.45) is 0 Å². The Hall–Kier alpha value is -3.00. The molecule has 0 unspecified atom stereocenters. The Morgan fingerprint density at radius 3 is 2.41 bits per heavy atom. The summed E-state index contributed by atoms with van der Waals surface area (Å²) >= 11 is 1.31. The van der Waals surface area contributed by atoms with E-state index in [9.17, 15) is 14.4 Å². The van der Waals surface area contributed by atoms with Gasteiger partial charge in [0.05, 0.1) is 31.1 Å².